The van der Waals surface area contributed by atoms with Gasteiger partial charge in [-0.1, -0.05) is 0 Å². The molecule has 154 valence electrons. The number of carbonyl (C=O) groups is 1. The second-order valence-electron chi connectivity index (χ2n) is 7.26. The third-order valence-electron chi connectivity index (χ3n) is 5.38. The van der Waals surface area contributed by atoms with Crippen LogP contribution in [-0.2, 0) is 9.53 Å². The van der Waals surface area contributed by atoms with E-state index in [9.17, 15) is 4.79 Å². The number of pyridine rings is 1. The van der Waals surface area contributed by atoms with Crippen LogP contribution in [0.1, 0.15) is 12.8 Å². The third kappa shape index (κ3) is 4.46. The number of hydrogen-bond donors (Lipinski definition) is 1. The Balaban J connectivity index is 1.51. The number of amides is 1. The normalized spacial score (nSPS) is 21.4. The Morgan fingerprint density at radius 1 is 1.34 bits per heavy atom. The molecule has 0 bridgehead atoms. The van der Waals surface area contributed by atoms with Crippen molar-refractivity contribution in [3.63, 3.8) is 0 Å². The van der Waals surface area contributed by atoms with Crippen LogP contribution in [0.3, 0.4) is 0 Å². The highest BCUT2D eigenvalue weighted by Crippen LogP contribution is 2.31. The average molecular weight is 399 g/mol. The van der Waals surface area contributed by atoms with Crippen LogP contribution in [0.25, 0.3) is 11.3 Å². The average Bonchev–Trinajstić information content (AvgIpc) is 2.76. The van der Waals surface area contributed by atoms with E-state index < -0.39 is 6.61 Å². The van der Waals surface area contributed by atoms with Gasteiger partial charge < -0.3 is 24.4 Å². The van der Waals surface area contributed by atoms with Crippen LogP contribution >= 0.6 is 0 Å². The fourth-order valence-electron chi connectivity index (χ4n) is 3.48. The molecule has 3 heterocycles. The van der Waals surface area contributed by atoms with Crippen LogP contribution in [0.2, 0.25) is 0 Å². The first-order valence-electron chi connectivity index (χ1n) is 9.79. The lowest BCUT2D eigenvalue weighted by molar-refractivity contribution is -0.138. The Labute approximate surface area is 169 Å². The van der Waals surface area contributed by atoms with E-state index >= 15 is 0 Å². The molecule has 1 saturated carbocycles. The lowest BCUT2D eigenvalue weighted by Gasteiger charge is -2.40. The van der Waals surface area contributed by atoms with Gasteiger partial charge in [-0.3, -0.25) is 9.78 Å². The van der Waals surface area contributed by atoms with Gasteiger partial charge in [0, 0.05) is 63.0 Å². The third-order valence-corrected chi connectivity index (χ3v) is 5.38. The molecule has 2 fully saturated rings. The van der Waals surface area contributed by atoms with E-state index in [4.69, 9.17) is 19.6 Å². The summed E-state index contributed by atoms with van der Waals surface area (Å²) < 4.78 is 11.5. The Bertz CT molecular complexity index is 838. The van der Waals surface area contributed by atoms with Gasteiger partial charge in [0.1, 0.15) is 12.7 Å². The molecule has 0 unspecified atom stereocenters. The quantitative estimate of drug-likeness (QED) is 0.759. The van der Waals surface area contributed by atoms with Crippen LogP contribution in [0.5, 0.6) is 5.88 Å². The van der Waals surface area contributed by atoms with Gasteiger partial charge in [-0.15, -0.1) is 0 Å². The van der Waals surface area contributed by atoms with E-state index in [-0.39, 0.29) is 18.1 Å². The maximum absolute atomic E-state index is 11.6. The van der Waals surface area contributed by atoms with Crippen molar-refractivity contribution in [3.8, 4) is 17.1 Å². The molecule has 1 N–H and O–H groups in total. The fourth-order valence-corrected chi connectivity index (χ4v) is 3.48. The van der Waals surface area contributed by atoms with Crippen LogP contribution < -0.4 is 9.64 Å². The first-order valence-corrected chi connectivity index (χ1v) is 9.79. The van der Waals surface area contributed by atoms with Gasteiger partial charge in [0.15, 0.2) is 0 Å². The minimum atomic E-state index is -0.470. The molecule has 0 radical (unpaired) electrons. The van der Waals surface area contributed by atoms with Gasteiger partial charge in [0.05, 0.1) is 18.9 Å². The standard InChI is InChI=1S/C20H25N5O4/c1-24(19(27)13-26)15-9-16(10-15)29-18-11-17(14-3-2-4-21-12-14)22-20(23-18)25-5-7-28-8-6-25/h2-4,11-12,15-16,26H,5-10,13H2,1H3/t15-,16-. The van der Waals surface area contributed by atoms with Crippen molar-refractivity contribution >= 4 is 11.9 Å². The van der Waals surface area contributed by atoms with E-state index in [0.29, 0.717) is 37.9 Å². The van der Waals surface area contributed by atoms with E-state index in [1.54, 1.807) is 24.3 Å². The zero-order chi connectivity index (χ0) is 20.2. The summed E-state index contributed by atoms with van der Waals surface area (Å²) >= 11 is 0. The number of hydrogen-bond acceptors (Lipinski definition) is 8. The second-order valence-corrected chi connectivity index (χ2v) is 7.26. The Morgan fingerprint density at radius 2 is 2.14 bits per heavy atom. The highest BCUT2D eigenvalue weighted by Gasteiger charge is 2.36. The smallest absolute Gasteiger partial charge is 0.248 e. The zero-order valence-corrected chi connectivity index (χ0v) is 16.4. The van der Waals surface area contributed by atoms with Gasteiger partial charge in [0.25, 0.3) is 0 Å². The van der Waals surface area contributed by atoms with Gasteiger partial charge in [-0.25, -0.2) is 4.98 Å². The van der Waals surface area contributed by atoms with Crippen molar-refractivity contribution in [1.29, 1.82) is 0 Å². The van der Waals surface area contributed by atoms with Gasteiger partial charge in [-0.2, -0.15) is 4.98 Å². The summed E-state index contributed by atoms with van der Waals surface area (Å²) in [6.45, 7) is 2.28. The van der Waals surface area contributed by atoms with Crippen molar-refractivity contribution in [2.45, 2.75) is 25.0 Å². The van der Waals surface area contributed by atoms with Gasteiger partial charge >= 0.3 is 0 Å². The summed E-state index contributed by atoms with van der Waals surface area (Å²) in [5, 5.41) is 9.01. The van der Waals surface area contributed by atoms with Crippen molar-refractivity contribution in [3.05, 3.63) is 30.6 Å². The molecule has 29 heavy (non-hydrogen) atoms. The number of anilines is 1. The van der Waals surface area contributed by atoms with E-state index in [1.165, 1.54) is 0 Å². The lowest BCUT2D eigenvalue weighted by Crippen LogP contribution is -2.50. The molecule has 2 aliphatic rings. The Morgan fingerprint density at radius 3 is 2.83 bits per heavy atom. The van der Waals surface area contributed by atoms with Crippen LogP contribution in [0.15, 0.2) is 30.6 Å². The Hall–Kier alpha value is -2.78. The number of aromatic nitrogens is 3. The lowest BCUT2D eigenvalue weighted by atomic mass is 9.88. The molecule has 1 amide bonds. The number of morpholine rings is 1. The molecule has 0 spiro atoms. The van der Waals surface area contributed by atoms with Crippen LogP contribution in [0.4, 0.5) is 5.95 Å². The number of rotatable bonds is 6. The minimum absolute atomic E-state index is 0.0249. The zero-order valence-electron chi connectivity index (χ0n) is 16.4. The maximum Gasteiger partial charge on any atom is 0.248 e. The molecule has 1 aliphatic carbocycles. The Kier molecular flexibility index (Phi) is 5.86. The van der Waals surface area contributed by atoms with Crippen molar-refractivity contribution in [2.75, 3.05) is 44.9 Å². The molecule has 0 atom stereocenters. The first kappa shape index (κ1) is 19.5. The minimum Gasteiger partial charge on any atom is -0.474 e. The molecule has 2 aromatic rings. The van der Waals surface area contributed by atoms with Gasteiger partial charge in [0.2, 0.25) is 17.7 Å². The summed E-state index contributed by atoms with van der Waals surface area (Å²) in [4.78, 5) is 28.8. The SMILES string of the molecule is CN(C(=O)CO)[C@H]1C[C@H](Oc2cc(-c3cccnc3)nc(N3CCOCC3)n2)C1. The van der Waals surface area contributed by atoms with Crippen molar-refractivity contribution in [2.24, 2.45) is 0 Å². The summed E-state index contributed by atoms with van der Waals surface area (Å²) in [5.74, 6) is 0.858. The number of aliphatic hydroxyl groups excluding tert-OH is 1. The van der Waals surface area contributed by atoms with Crippen molar-refractivity contribution < 1.29 is 19.4 Å². The predicted octanol–water partition coefficient (Wildman–Crippen LogP) is 0.736. The number of ether oxygens (including phenoxy) is 2. The second kappa shape index (κ2) is 8.71. The molecule has 2 aromatic heterocycles. The van der Waals surface area contributed by atoms with E-state index in [1.807, 2.05) is 18.2 Å². The largest absolute Gasteiger partial charge is 0.474 e. The van der Waals surface area contributed by atoms with Crippen LogP contribution in [-0.4, -0.2) is 83.0 Å². The maximum atomic E-state index is 11.6. The molecule has 1 saturated heterocycles. The molecule has 1 aliphatic heterocycles. The number of aliphatic hydroxyl groups is 1. The molecule has 9 nitrogen and oxygen atoms in total. The highest BCUT2D eigenvalue weighted by molar-refractivity contribution is 5.77. The summed E-state index contributed by atoms with van der Waals surface area (Å²) in [7, 11) is 1.71. The van der Waals surface area contributed by atoms with E-state index in [2.05, 4.69) is 14.9 Å². The number of nitrogens with zero attached hydrogens (tertiary/aromatic N) is 5. The van der Waals surface area contributed by atoms with E-state index in [0.717, 1.165) is 24.3 Å². The molecule has 4 rings (SSSR count). The first-order chi connectivity index (χ1) is 14.1. The van der Waals surface area contributed by atoms with Crippen molar-refractivity contribution in [1.82, 2.24) is 19.9 Å². The highest BCUT2D eigenvalue weighted by atomic mass is 16.5. The summed E-state index contributed by atoms with van der Waals surface area (Å²) in [6.07, 6.45) is 4.89. The summed E-state index contributed by atoms with van der Waals surface area (Å²) in [6, 6.07) is 5.74. The van der Waals surface area contributed by atoms with Crippen LogP contribution in [0, 0.1) is 0 Å². The fraction of sp³-hybridized carbons (Fsp3) is 0.500. The molecular weight excluding hydrogens is 374 g/mol. The van der Waals surface area contributed by atoms with Gasteiger partial charge in [-0.05, 0) is 12.1 Å². The number of likely N-dealkylation sites (N-methyl/N-ethyl adjacent to an activating group) is 1. The predicted molar refractivity (Wildman–Crippen MR) is 106 cm³/mol. The summed E-state index contributed by atoms with van der Waals surface area (Å²) in [5.41, 5.74) is 1.65. The molecule has 0 aromatic carbocycles. The number of carbonyl (C=O) groups excluding carboxylic acids is 1. The molecular formula is C20H25N5O4. The monoisotopic (exact) mass is 399 g/mol. The topological polar surface area (TPSA) is 101 Å². The molecule has 9 heteroatoms.